The van der Waals surface area contributed by atoms with Crippen molar-refractivity contribution >= 4 is 21.5 Å². The first-order valence-corrected chi connectivity index (χ1v) is 10.5. The van der Waals surface area contributed by atoms with Crippen LogP contribution >= 0.6 is 0 Å². The first kappa shape index (κ1) is 18.9. The van der Waals surface area contributed by atoms with Gasteiger partial charge in [0, 0.05) is 6.54 Å². The minimum Gasteiger partial charge on any atom is -0.380 e. The average molecular weight is 382 g/mol. The molecule has 0 amide bonds. The van der Waals surface area contributed by atoms with Crippen LogP contribution in [0.25, 0.3) is 0 Å². The predicted octanol–water partition coefficient (Wildman–Crippen LogP) is 3.99. The Bertz CT molecular complexity index is 972. The van der Waals surface area contributed by atoms with Crippen LogP contribution in [0.15, 0.2) is 72.9 Å². The maximum absolute atomic E-state index is 12.2. The molecular formula is C21H23N3O2S. The highest BCUT2D eigenvalue weighted by atomic mass is 32.2. The molecule has 2 aromatic carbocycles. The Balaban J connectivity index is 1.54. The molecule has 1 aromatic heterocycles. The van der Waals surface area contributed by atoms with Gasteiger partial charge >= 0.3 is 0 Å². The zero-order chi connectivity index (χ0) is 19.1. The van der Waals surface area contributed by atoms with E-state index < -0.39 is 10.0 Å². The van der Waals surface area contributed by atoms with Crippen LogP contribution in [0.5, 0.6) is 0 Å². The quantitative estimate of drug-likeness (QED) is 0.619. The summed E-state index contributed by atoms with van der Waals surface area (Å²) in [5, 5.41) is 3.30. The summed E-state index contributed by atoms with van der Waals surface area (Å²) in [7, 11) is -3.44. The van der Waals surface area contributed by atoms with Gasteiger partial charge in [-0.05, 0) is 42.2 Å². The molecule has 140 valence electrons. The van der Waals surface area contributed by atoms with Gasteiger partial charge in [0.15, 0.2) is 0 Å². The maximum atomic E-state index is 12.2. The van der Waals surface area contributed by atoms with Gasteiger partial charge in [-0.15, -0.1) is 0 Å². The molecular weight excluding hydrogens is 358 g/mol. The van der Waals surface area contributed by atoms with Crippen molar-refractivity contribution < 1.29 is 8.42 Å². The summed E-state index contributed by atoms with van der Waals surface area (Å²) in [6.45, 7) is 2.76. The fourth-order valence-corrected chi connectivity index (χ4v) is 3.72. The molecule has 0 saturated heterocycles. The van der Waals surface area contributed by atoms with Crippen LogP contribution in [-0.4, -0.2) is 19.2 Å². The summed E-state index contributed by atoms with van der Waals surface area (Å²) in [5.74, 6) is 0.343. The molecule has 0 atom stereocenters. The van der Waals surface area contributed by atoms with Crippen molar-refractivity contribution in [3.63, 3.8) is 0 Å². The van der Waals surface area contributed by atoms with Crippen molar-refractivity contribution in [2.75, 3.05) is 15.8 Å². The van der Waals surface area contributed by atoms with Gasteiger partial charge in [-0.3, -0.25) is 4.72 Å². The number of hydrogen-bond donors (Lipinski definition) is 2. The van der Waals surface area contributed by atoms with Crippen LogP contribution in [0.3, 0.4) is 0 Å². The fraction of sp³-hybridized carbons (Fsp3) is 0.190. The first-order valence-electron chi connectivity index (χ1n) is 8.81. The first-order chi connectivity index (χ1) is 13.0. The molecule has 0 unspecified atom stereocenters. The third kappa shape index (κ3) is 5.82. The molecule has 1 heterocycles. The Morgan fingerprint density at radius 3 is 2.37 bits per heavy atom. The van der Waals surface area contributed by atoms with Gasteiger partial charge < -0.3 is 5.32 Å². The van der Waals surface area contributed by atoms with Gasteiger partial charge in [-0.25, -0.2) is 13.4 Å². The Labute approximate surface area is 160 Å². The van der Waals surface area contributed by atoms with Gasteiger partial charge in [0.05, 0.1) is 17.6 Å². The van der Waals surface area contributed by atoms with Gasteiger partial charge in [-0.2, -0.15) is 0 Å². The van der Waals surface area contributed by atoms with E-state index in [1.54, 1.807) is 12.3 Å². The summed E-state index contributed by atoms with van der Waals surface area (Å²) in [5.41, 5.74) is 4.26. The molecule has 0 aliphatic carbocycles. The molecule has 0 fully saturated rings. The predicted molar refractivity (Wildman–Crippen MR) is 110 cm³/mol. The molecule has 0 radical (unpaired) electrons. The van der Waals surface area contributed by atoms with E-state index in [0.717, 1.165) is 11.3 Å². The molecule has 3 aromatic rings. The lowest BCUT2D eigenvalue weighted by atomic mass is 10.1. The summed E-state index contributed by atoms with van der Waals surface area (Å²) in [4.78, 5) is 4.20. The summed E-state index contributed by atoms with van der Waals surface area (Å²) in [6.07, 6.45) is 2.10. The van der Waals surface area contributed by atoms with Gasteiger partial charge in [0.1, 0.15) is 5.82 Å². The molecule has 2 N–H and O–H groups in total. The fourth-order valence-electron chi connectivity index (χ4n) is 2.67. The lowest BCUT2D eigenvalue weighted by Gasteiger charge is -2.10. The number of nitrogens with one attached hydrogen (secondary N) is 2. The van der Waals surface area contributed by atoms with E-state index in [-0.39, 0.29) is 5.75 Å². The minimum atomic E-state index is -3.44. The highest BCUT2D eigenvalue weighted by Crippen LogP contribution is 2.14. The van der Waals surface area contributed by atoms with Gasteiger partial charge in [0.25, 0.3) is 0 Å². The van der Waals surface area contributed by atoms with E-state index in [9.17, 15) is 8.42 Å². The van der Waals surface area contributed by atoms with Crippen LogP contribution in [0.4, 0.5) is 11.5 Å². The minimum absolute atomic E-state index is 0.0198. The second-order valence-electron chi connectivity index (χ2n) is 6.37. The topological polar surface area (TPSA) is 71.1 Å². The van der Waals surface area contributed by atoms with E-state index in [1.807, 2.05) is 48.5 Å². The number of sulfonamides is 1. The van der Waals surface area contributed by atoms with Crippen molar-refractivity contribution in [1.82, 2.24) is 4.98 Å². The number of aromatic nitrogens is 1. The number of anilines is 2. The van der Waals surface area contributed by atoms with E-state index >= 15 is 0 Å². The lowest BCUT2D eigenvalue weighted by Crippen LogP contribution is -2.18. The van der Waals surface area contributed by atoms with Crippen LogP contribution in [0.2, 0.25) is 0 Å². The van der Waals surface area contributed by atoms with E-state index in [1.165, 1.54) is 11.1 Å². The zero-order valence-electron chi connectivity index (χ0n) is 15.2. The molecule has 3 rings (SSSR count). The Hall–Kier alpha value is -2.86. The van der Waals surface area contributed by atoms with Crippen LogP contribution in [-0.2, 0) is 23.0 Å². The maximum Gasteiger partial charge on any atom is 0.234 e. The number of rotatable bonds is 8. The third-order valence-corrected chi connectivity index (χ3v) is 5.53. The molecule has 27 heavy (non-hydrogen) atoms. The van der Waals surface area contributed by atoms with Crippen LogP contribution < -0.4 is 10.0 Å². The second-order valence-corrected chi connectivity index (χ2v) is 8.21. The zero-order valence-corrected chi connectivity index (χ0v) is 16.0. The Kier molecular flexibility index (Phi) is 6.08. The molecule has 6 heteroatoms. The van der Waals surface area contributed by atoms with Gasteiger partial charge in [0.2, 0.25) is 10.0 Å². The van der Waals surface area contributed by atoms with Crippen molar-refractivity contribution in [1.29, 1.82) is 0 Å². The van der Waals surface area contributed by atoms with E-state index in [0.29, 0.717) is 18.8 Å². The molecule has 0 bridgehead atoms. The standard InChI is InChI=1S/C21H23N3O2S/c1-17-7-5-6-10-19(17)15-22-20-11-12-21(23-16-20)24-27(25,26)14-13-18-8-3-2-4-9-18/h2-12,16,22H,13-15H2,1H3,(H,23,24). The lowest BCUT2D eigenvalue weighted by molar-refractivity contribution is 0.600. The number of aryl methyl sites for hydroxylation is 2. The number of nitrogens with zero attached hydrogens (tertiary/aromatic N) is 1. The molecule has 0 spiro atoms. The van der Waals surface area contributed by atoms with Crippen molar-refractivity contribution in [2.24, 2.45) is 0 Å². The van der Waals surface area contributed by atoms with Crippen LogP contribution in [0, 0.1) is 6.92 Å². The van der Waals surface area contributed by atoms with E-state index in [2.05, 4.69) is 34.1 Å². The van der Waals surface area contributed by atoms with Crippen molar-refractivity contribution in [2.45, 2.75) is 19.9 Å². The summed E-state index contributed by atoms with van der Waals surface area (Å²) < 4.78 is 27.0. The molecule has 0 saturated carbocycles. The number of benzene rings is 2. The second kappa shape index (κ2) is 8.68. The molecule has 5 nitrogen and oxygen atoms in total. The SMILES string of the molecule is Cc1ccccc1CNc1ccc(NS(=O)(=O)CCc2ccccc2)nc1. The number of pyridine rings is 1. The van der Waals surface area contributed by atoms with Crippen molar-refractivity contribution in [3.8, 4) is 0 Å². The normalized spacial score (nSPS) is 11.1. The van der Waals surface area contributed by atoms with Gasteiger partial charge in [-0.1, -0.05) is 54.6 Å². The summed E-state index contributed by atoms with van der Waals surface area (Å²) >= 11 is 0. The Morgan fingerprint density at radius 1 is 0.926 bits per heavy atom. The summed E-state index contributed by atoms with van der Waals surface area (Å²) in [6, 6.07) is 21.2. The van der Waals surface area contributed by atoms with E-state index in [4.69, 9.17) is 0 Å². The monoisotopic (exact) mass is 381 g/mol. The third-order valence-electron chi connectivity index (χ3n) is 4.27. The largest absolute Gasteiger partial charge is 0.380 e. The smallest absolute Gasteiger partial charge is 0.234 e. The molecule has 0 aliphatic rings. The molecule has 0 aliphatic heterocycles. The van der Waals surface area contributed by atoms with Crippen LogP contribution in [0.1, 0.15) is 16.7 Å². The highest BCUT2D eigenvalue weighted by Gasteiger charge is 2.11. The Morgan fingerprint density at radius 2 is 1.67 bits per heavy atom. The highest BCUT2D eigenvalue weighted by molar-refractivity contribution is 7.92. The van der Waals surface area contributed by atoms with Crippen molar-refractivity contribution in [3.05, 3.63) is 89.6 Å². The average Bonchev–Trinajstić information content (AvgIpc) is 2.68. The number of hydrogen-bond acceptors (Lipinski definition) is 4.